The van der Waals surface area contributed by atoms with Gasteiger partial charge >= 0.3 is 0 Å². The van der Waals surface area contributed by atoms with Gasteiger partial charge in [0.1, 0.15) is 6.04 Å². The molecule has 0 heterocycles. The highest BCUT2D eigenvalue weighted by atomic mass is 35.5. The first-order valence-corrected chi connectivity index (χ1v) is 15.6. The Kier molecular flexibility index (Phi) is 10.5. The molecule has 7 nitrogen and oxygen atoms in total. The molecule has 0 unspecified atom stereocenters. The maximum Gasteiger partial charge on any atom is 0.242 e. The summed E-state index contributed by atoms with van der Waals surface area (Å²) in [7, 11) is -3.56. The number of aryl methyl sites for hydroxylation is 2. The first kappa shape index (κ1) is 30.3. The third-order valence-electron chi connectivity index (χ3n) is 6.99. The molecule has 0 aliphatic heterocycles. The summed E-state index contributed by atoms with van der Waals surface area (Å²) in [5.74, 6) is -0.432. The fraction of sp³-hybridized carbons (Fsp3) is 0.500. The third-order valence-corrected chi connectivity index (χ3v) is 8.91. The molecule has 1 fully saturated rings. The first-order chi connectivity index (χ1) is 17.9. The molecule has 38 heavy (non-hydrogen) atoms. The van der Waals surface area contributed by atoms with Gasteiger partial charge in [-0.05, 0) is 74.9 Å². The van der Waals surface area contributed by atoms with Gasteiger partial charge in [-0.25, -0.2) is 8.42 Å². The van der Waals surface area contributed by atoms with Gasteiger partial charge in [0.2, 0.25) is 21.8 Å². The van der Waals surface area contributed by atoms with Crippen LogP contribution in [0.4, 0.5) is 5.69 Å². The summed E-state index contributed by atoms with van der Waals surface area (Å²) in [5.41, 5.74) is 3.15. The Morgan fingerprint density at radius 1 is 1.05 bits per heavy atom. The number of halogens is 2. The molecule has 1 aliphatic carbocycles. The smallest absolute Gasteiger partial charge is 0.242 e. The zero-order valence-corrected chi connectivity index (χ0v) is 24.8. The first-order valence-electron chi connectivity index (χ1n) is 13.0. The molecule has 0 spiro atoms. The van der Waals surface area contributed by atoms with Crippen LogP contribution in [0.25, 0.3) is 0 Å². The van der Waals surface area contributed by atoms with Crippen molar-refractivity contribution < 1.29 is 18.0 Å². The Morgan fingerprint density at radius 3 is 2.37 bits per heavy atom. The van der Waals surface area contributed by atoms with Crippen LogP contribution in [0.1, 0.15) is 62.1 Å². The van der Waals surface area contributed by atoms with E-state index < -0.39 is 16.1 Å². The molecule has 3 rings (SSSR count). The van der Waals surface area contributed by atoms with Crippen LogP contribution >= 0.6 is 23.2 Å². The van der Waals surface area contributed by atoms with Gasteiger partial charge in [-0.2, -0.15) is 0 Å². The molecule has 2 aromatic carbocycles. The number of carbonyl (C=O) groups excluding carboxylic acids is 2. The van der Waals surface area contributed by atoms with Crippen molar-refractivity contribution >= 4 is 50.7 Å². The van der Waals surface area contributed by atoms with Crippen LogP contribution in [0.5, 0.6) is 0 Å². The molecule has 0 saturated heterocycles. The Bertz CT molecular complexity index is 1260. The maximum absolute atomic E-state index is 13.5. The highest BCUT2D eigenvalue weighted by Crippen LogP contribution is 2.26. The Morgan fingerprint density at radius 2 is 1.74 bits per heavy atom. The van der Waals surface area contributed by atoms with Gasteiger partial charge in [-0.15, -0.1) is 0 Å². The minimum Gasteiger partial charge on any atom is -0.352 e. The molecule has 0 radical (unpaired) electrons. The average molecular weight is 583 g/mol. The second-order valence-electron chi connectivity index (χ2n) is 10.2. The van der Waals surface area contributed by atoms with Gasteiger partial charge in [0.05, 0.1) is 22.0 Å². The molecule has 10 heteroatoms. The minimum absolute atomic E-state index is 0.0826. The lowest BCUT2D eigenvalue weighted by Crippen LogP contribution is -2.49. The van der Waals surface area contributed by atoms with Crippen molar-refractivity contribution in [2.45, 2.75) is 77.9 Å². The van der Waals surface area contributed by atoms with Crippen molar-refractivity contribution in [1.82, 2.24) is 10.2 Å². The summed E-state index contributed by atoms with van der Waals surface area (Å²) in [6.07, 6.45) is 5.61. The average Bonchev–Trinajstić information content (AvgIpc) is 3.36. The van der Waals surface area contributed by atoms with Crippen LogP contribution in [-0.4, -0.2) is 50.0 Å². The number of benzene rings is 2. The normalized spacial score (nSPS) is 14.8. The van der Waals surface area contributed by atoms with Crippen LogP contribution in [0.15, 0.2) is 36.4 Å². The lowest BCUT2D eigenvalue weighted by atomic mass is 10.1. The molecular weight excluding hydrogens is 545 g/mol. The highest BCUT2D eigenvalue weighted by Gasteiger charge is 2.29. The molecule has 2 amide bonds. The molecule has 1 atom stereocenters. The van der Waals surface area contributed by atoms with E-state index in [0.717, 1.165) is 42.4 Å². The van der Waals surface area contributed by atoms with Gasteiger partial charge < -0.3 is 10.2 Å². The van der Waals surface area contributed by atoms with Gasteiger partial charge in [0.15, 0.2) is 0 Å². The largest absolute Gasteiger partial charge is 0.352 e. The number of anilines is 1. The third kappa shape index (κ3) is 8.10. The number of amides is 2. The molecule has 208 valence electrons. The Balaban J connectivity index is 1.76. The number of carbonyl (C=O) groups is 2. The second-order valence-corrected chi connectivity index (χ2v) is 12.9. The molecule has 1 saturated carbocycles. The fourth-order valence-electron chi connectivity index (χ4n) is 4.78. The van der Waals surface area contributed by atoms with E-state index in [1.807, 2.05) is 32.0 Å². The zero-order valence-electron chi connectivity index (χ0n) is 22.5. The van der Waals surface area contributed by atoms with Crippen LogP contribution in [0.2, 0.25) is 10.0 Å². The van der Waals surface area contributed by atoms with Crippen LogP contribution < -0.4 is 9.62 Å². The van der Waals surface area contributed by atoms with Crippen LogP contribution in [-0.2, 0) is 26.2 Å². The fourth-order valence-corrected chi connectivity index (χ4v) is 6.12. The monoisotopic (exact) mass is 581 g/mol. The quantitative estimate of drug-likeness (QED) is 0.372. The van der Waals surface area contributed by atoms with Gasteiger partial charge in [0.25, 0.3) is 0 Å². The minimum atomic E-state index is -3.56. The maximum atomic E-state index is 13.5. The van der Waals surface area contributed by atoms with E-state index in [-0.39, 0.29) is 37.4 Å². The lowest BCUT2D eigenvalue weighted by molar-refractivity contribution is -0.141. The van der Waals surface area contributed by atoms with E-state index in [9.17, 15) is 18.0 Å². The summed E-state index contributed by atoms with van der Waals surface area (Å²) in [4.78, 5) is 28.1. The van der Waals surface area contributed by atoms with Crippen molar-refractivity contribution in [3.63, 3.8) is 0 Å². The SMILES string of the molecule is Cc1ccc(C)c(N(CCCC(=O)N(Cc2ccc(Cl)c(Cl)c2)[C@@H](C)C(=O)NC2CCCC2)S(C)(=O)=O)c1. The van der Waals surface area contributed by atoms with Crippen molar-refractivity contribution in [3.05, 3.63) is 63.1 Å². The van der Waals surface area contributed by atoms with Gasteiger partial charge in [-0.1, -0.05) is 54.2 Å². The van der Waals surface area contributed by atoms with E-state index in [1.165, 1.54) is 15.5 Å². The van der Waals surface area contributed by atoms with Crippen molar-refractivity contribution in [3.8, 4) is 0 Å². The number of rotatable bonds is 11. The summed E-state index contributed by atoms with van der Waals surface area (Å²) >= 11 is 12.3. The topological polar surface area (TPSA) is 86.8 Å². The van der Waals surface area contributed by atoms with Gasteiger partial charge in [0, 0.05) is 25.6 Å². The summed E-state index contributed by atoms with van der Waals surface area (Å²) in [6, 6.07) is 10.2. The Labute approximate surface area is 236 Å². The molecule has 1 N–H and O–H groups in total. The van der Waals surface area contributed by atoms with Crippen molar-refractivity contribution in [1.29, 1.82) is 0 Å². The lowest BCUT2D eigenvalue weighted by Gasteiger charge is -2.30. The van der Waals surface area contributed by atoms with E-state index in [4.69, 9.17) is 23.2 Å². The summed E-state index contributed by atoms with van der Waals surface area (Å²) < 4.78 is 26.6. The van der Waals surface area contributed by atoms with E-state index in [1.54, 1.807) is 25.1 Å². The van der Waals surface area contributed by atoms with Crippen LogP contribution in [0.3, 0.4) is 0 Å². The molecule has 0 aromatic heterocycles. The van der Waals surface area contributed by atoms with Crippen molar-refractivity contribution in [2.75, 3.05) is 17.1 Å². The Hall–Kier alpha value is -2.29. The van der Waals surface area contributed by atoms with E-state index in [2.05, 4.69) is 5.32 Å². The molecular formula is C28H37Cl2N3O4S. The van der Waals surface area contributed by atoms with E-state index >= 15 is 0 Å². The molecule has 1 aliphatic rings. The predicted octanol–water partition coefficient (Wildman–Crippen LogP) is 5.63. The van der Waals surface area contributed by atoms with Crippen molar-refractivity contribution in [2.24, 2.45) is 0 Å². The van der Waals surface area contributed by atoms with Gasteiger partial charge in [-0.3, -0.25) is 13.9 Å². The molecule has 0 bridgehead atoms. The second kappa shape index (κ2) is 13.2. The summed E-state index contributed by atoms with van der Waals surface area (Å²) in [6.45, 7) is 5.83. The zero-order chi connectivity index (χ0) is 28.0. The highest BCUT2D eigenvalue weighted by molar-refractivity contribution is 7.92. The standard InChI is InChI=1S/C28H37Cl2N3O4S/c1-19-11-12-20(2)26(16-19)33(38(4,36)37)15-7-10-27(34)32(18-22-13-14-24(29)25(30)17-22)21(3)28(35)31-23-8-5-6-9-23/h11-14,16-17,21,23H,5-10,15,18H2,1-4H3,(H,31,35)/t21-/m0/s1. The molecule has 2 aromatic rings. The number of nitrogens with one attached hydrogen (secondary N) is 1. The van der Waals surface area contributed by atoms with E-state index in [0.29, 0.717) is 22.2 Å². The predicted molar refractivity (Wildman–Crippen MR) is 154 cm³/mol. The number of nitrogens with zero attached hydrogens (tertiary/aromatic N) is 2. The summed E-state index contributed by atoms with van der Waals surface area (Å²) in [5, 5.41) is 3.86. The number of sulfonamides is 1. The number of hydrogen-bond acceptors (Lipinski definition) is 4. The number of hydrogen-bond donors (Lipinski definition) is 1. The van der Waals surface area contributed by atoms with Crippen LogP contribution in [0, 0.1) is 13.8 Å².